The summed E-state index contributed by atoms with van der Waals surface area (Å²) < 4.78 is 2.34. The Balaban J connectivity index is 1.76. The van der Waals surface area contributed by atoms with Crippen molar-refractivity contribution >= 4 is 21.8 Å². The van der Waals surface area contributed by atoms with Gasteiger partial charge in [-0.1, -0.05) is 133 Å². The predicted octanol–water partition coefficient (Wildman–Crippen LogP) is 9.18. The molecule has 0 aliphatic carbocycles. The number of hydrogen-bond acceptors (Lipinski definition) is 1. The highest BCUT2D eigenvalue weighted by Crippen LogP contribution is 2.45. The fourth-order valence-corrected chi connectivity index (χ4v) is 5.40. The third kappa shape index (κ3) is 3.54. The zero-order valence-electron chi connectivity index (χ0n) is 20.3. The van der Waals surface area contributed by atoms with Crippen molar-refractivity contribution in [3.8, 4) is 39.3 Å². The van der Waals surface area contributed by atoms with Gasteiger partial charge in [-0.2, -0.15) is 0 Å². The lowest BCUT2D eigenvalue weighted by Gasteiger charge is -2.17. The van der Waals surface area contributed by atoms with Crippen molar-refractivity contribution in [2.45, 2.75) is 0 Å². The lowest BCUT2D eigenvalue weighted by atomic mass is 9.90. The standard InChI is InChI=1S/C35H24N2/c1-5-15-25(16-6-1)31-29-23-13-14-24-30(29)32(26-17-7-2-8-18-26)34-33(31)36-35(27-19-9-3-10-20-27)37(34)28-21-11-4-12-22-28/h1-24H. The fourth-order valence-electron chi connectivity index (χ4n) is 5.40. The molecule has 2 nitrogen and oxygen atoms in total. The summed E-state index contributed by atoms with van der Waals surface area (Å²) in [5.41, 5.74) is 9.02. The van der Waals surface area contributed by atoms with E-state index in [1.807, 2.05) is 0 Å². The van der Waals surface area contributed by atoms with E-state index < -0.39 is 0 Å². The molecule has 7 aromatic rings. The molecule has 1 heterocycles. The van der Waals surface area contributed by atoms with Crippen LogP contribution in [0.25, 0.3) is 61.1 Å². The van der Waals surface area contributed by atoms with E-state index in [0.717, 1.165) is 33.7 Å². The summed E-state index contributed by atoms with van der Waals surface area (Å²) in [6.07, 6.45) is 0. The van der Waals surface area contributed by atoms with E-state index in [2.05, 4.69) is 150 Å². The number of benzene rings is 6. The molecule has 0 radical (unpaired) electrons. The number of hydrogen-bond donors (Lipinski definition) is 0. The molecule has 0 aliphatic heterocycles. The monoisotopic (exact) mass is 472 g/mol. The molecule has 0 bridgehead atoms. The van der Waals surface area contributed by atoms with E-state index in [9.17, 15) is 0 Å². The summed E-state index contributed by atoms with van der Waals surface area (Å²) in [6, 6.07) is 51.2. The van der Waals surface area contributed by atoms with Gasteiger partial charge in [0.1, 0.15) is 5.82 Å². The van der Waals surface area contributed by atoms with E-state index in [0.29, 0.717) is 0 Å². The molecule has 0 amide bonds. The molecule has 0 N–H and O–H groups in total. The topological polar surface area (TPSA) is 17.8 Å². The van der Waals surface area contributed by atoms with Crippen LogP contribution in [0.2, 0.25) is 0 Å². The first-order valence-electron chi connectivity index (χ1n) is 12.6. The molecule has 0 spiro atoms. The minimum atomic E-state index is 0.937. The number of para-hydroxylation sites is 1. The van der Waals surface area contributed by atoms with E-state index in [1.165, 1.54) is 27.5 Å². The maximum Gasteiger partial charge on any atom is 0.145 e. The quantitative estimate of drug-likeness (QED) is 0.250. The molecule has 174 valence electrons. The Bertz CT molecular complexity index is 1840. The average Bonchev–Trinajstić information content (AvgIpc) is 3.37. The Morgan fingerprint density at radius 3 is 1.41 bits per heavy atom. The predicted molar refractivity (Wildman–Crippen MR) is 155 cm³/mol. The molecule has 0 aliphatic rings. The van der Waals surface area contributed by atoms with E-state index in [-0.39, 0.29) is 0 Å². The fraction of sp³-hybridized carbons (Fsp3) is 0. The van der Waals surface area contributed by atoms with Crippen molar-refractivity contribution in [3.05, 3.63) is 146 Å². The second kappa shape index (κ2) is 8.92. The van der Waals surface area contributed by atoms with Crippen molar-refractivity contribution in [1.29, 1.82) is 0 Å². The highest BCUT2D eigenvalue weighted by Gasteiger charge is 2.24. The molecule has 0 fully saturated rings. The van der Waals surface area contributed by atoms with Gasteiger partial charge in [-0.15, -0.1) is 0 Å². The van der Waals surface area contributed by atoms with Crippen molar-refractivity contribution in [2.24, 2.45) is 0 Å². The third-order valence-electron chi connectivity index (χ3n) is 6.99. The average molecular weight is 473 g/mol. The smallest absolute Gasteiger partial charge is 0.145 e. The number of fused-ring (bicyclic) bond motifs is 2. The van der Waals surface area contributed by atoms with Crippen LogP contribution in [0.1, 0.15) is 0 Å². The van der Waals surface area contributed by atoms with Gasteiger partial charge in [-0.05, 0) is 34.0 Å². The molecule has 0 saturated carbocycles. The highest BCUT2D eigenvalue weighted by molar-refractivity contribution is 6.20. The molecule has 6 aromatic carbocycles. The van der Waals surface area contributed by atoms with Crippen LogP contribution in [-0.4, -0.2) is 9.55 Å². The molecule has 0 saturated heterocycles. The Morgan fingerprint density at radius 2 is 0.838 bits per heavy atom. The zero-order valence-corrected chi connectivity index (χ0v) is 20.3. The maximum absolute atomic E-state index is 5.43. The first-order chi connectivity index (χ1) is 18.4. The van der Waals surface area contributed by atoms with Crippen LogP contribution < -0.4 is 0 Å². The lowest BCUT2D eigenvalue weighted by molar-refractivity contribution is 1.10. The van der Waals surface area contributed by atoms with Crippen LogP contribution in [0.4, 0.5) is 0 Å². The van der Waals surface area contributed by atoms with Crippen LogP contribution in [0, 0.1) is 0 Å². The van der Waals surface area contributed by atoms with Gasteiger partial charge in [0.2, 0.25) is 0 Å². The number of nitrogens with zero attached hydrogens (tertiary/aromatic N) is 2. The van der Waals surface area contributed by atoms with E-state index >= 15 is 0 Å². The van der Waals surface area contributed by atoms with E-state index in [4.69, 9.17) is 4.98 Å². The molecule has 7 rings (SSSR count). The first kappa shape index (κ1) is 21.3. The summed E-state index contributed by atoms with van der Waals surface area (Å²) in [7, 11) is 0. The van der Waals surface area contributed by atoms with E-state index in [1.54, 1.807) is 0 Å². The molecular weight excluding hydrogens is 448 g/mol. The highest BCUT2D eigenvalue weighted by atomic mass is 15.1. The minimum Gasteiger partial charge on any atom is -0.292 e. The van der Waals surface area contributed by atoms with Crippen molar-refractivity contribution in [3.63, 3.8) is 0 Å². The van der Waals surface area contributed by atoms with Crippen LogP contribution >= 0.6 is 0 Å². The number of imidazole rings is 1. The Morgan fingerprint density at radius 1 is 0.405 bits per heavy atom. The summed E-state index contributed by atoms with van der Waals surface area (Å²) in [5, 5.41) is 2.43. The summed E-state index contributed by atoms with van der Waals surface area (Å²) >= 11 is 0. The zero-order chi connectivity index (χ0) is 24.6. The Kier molecular flexibility index (Phi) is 5.15. The summed E-state index contributed by atoms with van der Waals surface area (Å²) in [6.45, 7) is 0. The van der Waals surface area contributed by atoms with Gasteiger partial charge in [-0.3, -0.25) is 4.57 Å². The Labute approximate surface area is 216 Å². The molecular formula is C35H24N2. The van der Waals surface area contributed by atoms with Gasteiger partial charge in [0.15, 0.2) is 0 Å². The van der Waals surface area contributed by atoms with Crippen LogP contribution in [0.3, 0.4) is 0 Å². The first-order valence-corrected chi connectivity index (χ1v) is 12.6. The second-order valence-corrected chi connectivity index (χ2v) is 9.20. The maximum atomic E-state index is 5.43. The minimum absolute atomic E-state index is 0.937. The van der Waals surface area contributed by atoms with Crippen LogP contribution in [0.15, 0.2) is 146 Å². The Hall–Kier alpha value is -4.95. The van der Waals surface area contributed by atoms with Gasteiger partial charge >= 0.3 is 0 Å². The number of rotatable bonds is 4. The summed E-state index contributed by atoms with van der Waals surface area (Å²) in [4.78, 5) is 5.43. The van der Waals surface area contributed by atoms with Gasteiger partial charge in [0.05, 0.1) is 11.0 Å². The molecule has 37 heavy (non-hydrogen) atoms. The van der Waals surface area contributed by atoms with Gasteiger partial charge in [0.25, 0.3) is 0 Å². The SMILES string of the molecule is c1ccc(-c2c3ccccc3c(-c3ccccc3)c3c2nc(-c2ccccc2)n3-c2ccccc2)cc1. The molecule has 1 aromatic heterocycles. The number of aromatic nitrogens is 2. The third-order valence-corrected chi connectivity index (χ3v) is 6.99. The van der Waals surface area contributed by atoms with Gasteiger partial charge < -0.3 is 0 Å². The molecule has 0 unspecified atom stereocenters. The van der Waals surface area contributed by atoms with Crippen molar-refractivity contribution < 1.29 is 0 Å². The molecule has 0 atom stereocenters. The van der Waals surface area contributed by atoms with Crippen LogP contribution in [0.5, 0.6) is 0 Å². The van der Waals surface area contributed by atoms with Gasteiger partial charge in [-0.25, -0.2) is 4.98 Å². The van der Waals surface area contributed by atoms with Crippen molar-refractivity contribution in [1.82, 2.24) is 9.55 Å². The van der Waals surface area contributed by atoms with Gasteiger partial charge in [0, 0.05) is 22.4 Å². The second-order valence-electron chi connectivity index (χ2n) is 9.20. The summed E-state index contributed by atoms with van der Waals surface area (Å²) in [5.74, 6) is 0.937. The lowest BCUT2D eigenvalue weighted by Crippen LogP contribution is -1.99. The largest absolute Gasteiger partial charge is 0.292 e. The molecule has 2 heteroatoms. The van der Waals surface area contributed by atoms with Crippen molar-refractivity contribution in [2.75, 3.05) is 0 Å². The van der Waals surface area contributed by atoms with Crippen LogP contribution in [-0.2, 0) is 0 Å². The normalized spacial score (nSPS) is 11.2.